The minimum atomic E-state index is -0.126. The number of nitrogens with zero attached hydrogens (tertiary/aromatic N) is 1. The maximum atomic E-state index is 11.1. The number of hydrogen-bond donors (Lipinski definition) is 2. The van der Waals surface area contributed by atoms with E-state index < -0.39 is 0 Å². The zero-order valence-electron chi connectivity index (χ0n) is 16.4. The molecule has 144 valence electrons. The molecule has 0 radical (unpaired) electrons. The Kier molecular flexibility index (Phi) is 6.40. The van der Waals surface area contributed by atoms with E-state index in [0.29, 0.717) is 5.82 Å². The van der Waals surface area contributed by atoms with Crippen LogP contribution >= 0.6 is 0 Å². The molecule has 1 aromatic heterocycles. The molecule has 2 N–H and O–H groups in total. The van der Waals surface area contributed by atoms with Crippen molar-refractivity contribution < 1.29 is 9.53 Å². The molecule has 5 heteroatoms. The van der Waals surface area contributed by atoms with Crippen molar-refractivity contribution >= 4 is 11.7 Å². The van der Waals surface area contributed by atoms with Gasteiger partial charge in [0.2, 0.25) is 5.91 Å². The Bertz CT molecular complexity index is 939. The van der Waals surface area contributed by atoms with Gasteiger partial charge in [-0.05, 0) is 53.9 Å². The third-order valence-electron chi connectivity index (χ3n) is 4.53. The number of methoxy groups -OCH3 is 1. The number of rotatable bonds is 7. The van der Waals surface area contributed by atoms with Crippen molar-refractivity contribution in [2.24, 2.45) is 0 Å². The van der Waals surface area contributed by atoms with E-state index in [1.165, 1.54) is 18.1 Å². The van der Waals surface area contributed by atoms with Crippen molar-refractivity contribution in [3.05, 3.63) is 78.0 Å². The minimum absolute atomic E-state index is 0.126. The van der Waals surface area contributed by atoms with E-state index in [0.717, 1.165) is 23.4 Å². The molecular weight excluding hydrogens is 350 g/mol. The third kappa shape index (κ3) is 5.18. The highest BCUT2D eigenvalue weighted by atomic mass is 16.5. The Morgan fingerprint density at radius 2 is 1.89 bits per heavy atom. The maximum Gasteiger partial charge on any atom is 0.222 e. The van der Waals surface area contributed by atoms with Crippen molar-refractivity contribution in [2.45, 2.75) is 26.4 Å². The lowest BCUT2D eigenvalue weighted by molar-refractivity contribution is -0.114. The van der Waals surface area contributed by atoms with Gasteiger partial charge in [0.15, 0.2) is 0 Å². The molecule has 2 aromatic carbocycles. The molecule has 0 saturated carbocycles. The average molecular weight is 375 g/mol. The summed E-state index contributed by atoms with van der Waals surface area (Å²) in [6.07, 6.45) is 1.77. The van der Waals surface area contributed by atoms with Gasteiger partial charge in [0, 0.05) is 31.3 Å². The van der Waals surface area contributed by atoms with E-state index in [1.807, 2.05) is 30.3 Å². The molecule has 1 amide bonds. The van der Waals surface area contributed by atoms with Crippen LogP contribution in [0.25, 0.3) is 11.1 Å². The van der Waals surface area contributed by atoms with Gasteiger partial charge >= 0.3 is 0 Å². The summed E-state index contributed by atoms with van der Waals surface area (Å²) >= 11 is 0. The van der Waals surface area contributed by atoms with Gasteiger partial charge in [-0.1, -0.05) is 30.3 Å². The Morgan fingerprint density at radius 1 is 1.07 bits per heavy atom. The summed E-state index contributed by atoms with van der Waals surface area (Å²) in [7, 11) is 1.68. The van der Waals surface area contributed by atoms with E-state index in [4.69, 9.17) is 4.74 Å². The van der Waals surface area contributed by atoms with Crippen LogP contribution < -0.4 is 15.4 Å². The molecule has 0 aliphatic rings. The fourth-order valence-electron chi connectivity index (χ4n) is 2.98. The Hall–Kier alpha value is -3.18. The average Bonchev–Trinajstić information content (AvgIpc) is 2.72. The van der Waals surface area contributed by atoms with Crippen LogP contribution in [0.2, 0.25) is 0 Å². The molecule has 3 rings (SSSR count). The molecule has 1 heterocycles. The fourth-order valence-corrected chi connectivity index (χ4v) is 2.98. The molecule has 0 aliphatic heterocycles. The summed E-state index contributed by atoms with van der Waals surface area (Å²) in [5, 5.41) is 6.24. The third-order valence-corrected chi connectivity index (χ3v) is 4.53. The summed E-state index contributed by atoms with van der Waals surface area (Å²) in [5.74, 6) is 1.29. The molecule has 0 spiro atoms. The molecule has 5 nitrogen and oxygen atoms in total. The lowest BCUT2D eigenvalue weighted by Crippen LogP contribution is -2.18. The zero-order chi connectivity index (χ0) is 19.9. The van der Waals surface area contributed by atoms with Crippen LogP contribution in [0.1, 0.15) is 31.0 Å². The van der Waals surface area contributed by atoms with Crippen LogP contribution in [-0.4, -0.2) is 18.0 Å². The molecule has 0 unspecified atom stereocenters. The van der Waals surface area contributed by atoms with Gasteiger partial charge < -0.3 is 15.4 Å². The smallest absolute Gasteiger partial charge is 0.222 e. The molecule has 3 aromatic rings. The van der Waals surface area contributed by atoms with Crippen molar-refractivity contribution in [1.29, 1.82) is 0 Å². The first-order valence-electron chi connectivity index (χ1n) is 9.25. The minimum Gasteiger partial charge on any atom is -0.497 e. The van der Waals surface area contributed by atoms with Crippen molar-refractivity contribution in [1.82, 2.24) is 10.3 Å². The second kappa shape index (κ2) is 9.15. The molecule has 28 heavy (non-hydrogen) atoms. The van der Waals surface area contributed by atoms with Crippen LogP contribution in [0, 0.1) is 0 Å². The van der Waals surface area contributed by atoms with E-state index in [2.05, 4.69) is 52.9 Å². The summed E-state index contributed by atoms with van der Waals surface area (Å²) < 4.78 is 5.31. The number of aromatic nitrogens is 1. The number of carbonyl (C=O) groups is 1. The molecule has 0 aliphatic carbocycles. The number of pyridine rings is 1. The monoisotopic (exact) mass is 375 g/mol. The van der Waals surface area contributed by atoms with E-state index in [1.54, 1.807) is 13.3 Å². The number of hydrogen-bond acceptors (Lipinski definition) is 4. The summed E-state index contributed by atoms with van der Waals surface area (Å²) in [5.41, 5.74) is 4.48. The second-order valence-corrected chi connectivity index (χ2v) is 6.69. The lowest BCUT2D eigenvalue weighted by Gasteiger charge is -2.15. The number of carbonyl (C=O) groups excluding carboxylic acids is 1. The second-order valence-electron chi connectivity index (χ2n) is 6.69. The van der Waals surface area contributed by atoms with Gasteiger partial charge in [0.1, 0.15) is 11.6 Å². The Balaban J connectivity index is 1.66. The quantitative estimate of drug-likeness (QED) is 0.635. The highest BCUT2D eigenvalue weighted by Gasteiger charge is 2.07. The maximum absolute atomic E-state index is 11.1. The largest absolute Gasteiger partial charge is 0.497 e. The van der Waals surface area contributed by atoms with Gasteiger partial charge in [-0.3, -0.25) is 4.79 Å². The highest BCUT2D eigenvalue weighted by Crippen LogP contribution is 2.22. The standard InChI is InChI=1S/C23H25N3O2/c1-16(19-7-5-9-22(13-19)28-3)24-14-18-6-4-8-20(12-18)21-10-11-23(25-15-21)26-17(2)27/h4-13,15-16,24H,14H2,1-3H3,(H,25,26,27)/t16-/m1/s1. The fraction of sp³-hybridized carbons (Fsp3) is 0.217. The lowest BCUT2D eigenvalue weighted by atomic mass is 10.0. The Labute approximate surface area is 165 Å². The van der Waals surface area contributed by atoms with Crippen LogP contribution in [0.3, 0.4) is 0 Å². The number of anilines is 1. The zero-order valence-corrected chi connectivity index (χ0v) is 16.4. The van der Waals surface area contributed by atoms with Crippen LogP contribution in [0.5, 0.6) is 5.75 Å². The first-order chi connectivity index (χ1) is 13.5. The molecule has 0 fully saturated rings. The summed E-state index contributed by atoms with van der Waals surface area (Å²) in [6.45, 7) is 4.37. The first kappa shape index (κ1) is 19.6. The van der Waals surface area contributed by atoms with Gasteiger partial charge in [-0.2, -0.15) is 0 Å². The predicted octanol–water partition coefficient (Wildman–Crippen LogP) is 4.57. The predicted molar refractivity (Wildman–Crippen MR) is 112 cm³/mol. The van der Waals surface area contributed by atoms with Crippen LogP contribution in [-0.2, 0) is 11.3 Å². The summed E-state index contributed by atoms with van der Waals surface area (Å²) in [4.78, 5) is 15.4. The van der Waals surface area contributed by atoms with E-state index in [-0.39, 0.29) is 11.9 Å². The Morgan fingerprint density at radius 3 is 2.61 bits per heavy atom. The van der Waals surface area contributed by atoms with Gasteiger partial charge in [-0.15, -0.1) is 0 Å². The van der Waals surface area contributed by atoms with E-state index in [9.17, 15) is 4.79 Å². The molecule has 0 saturated heterocycles. The highest BCUT2D eigenvalue weighted by molar-refractivity contribution is 5.87. The molecular formula is C23H25N3O2. The van der Waals surface area contributed by atoms with Gasteiger partial charge in [0.05, 0.1) is 7.11 Å². The van der Waals surface area contributed by atoms with Crippen molar-refractivity contribution in [2.75, 3.05) is 12.4 Å². The topological polar surface area (TPSA) is 63.2 Å². The number of amides is 1. The van der Waals surface area contributed by atoms with Crippen LogP contribution in [0.15, 0.2) is 66.9 Å². The number of ether oxygens (including phenoxy) is 1. The van der Waals surface area contributed by atoms with Gasteiger partial charge in [0.25, 0.3) is 0 Å². The van der Waals surface area contributed by atoms with Crippen molar-refractivity contribution in [3.8, 4) is 16.9 Å². The van der Waals surface area contributed by atoms with E-state index >= 15 is 0 Å². The van der Waals surface area contributed by atoms with Gasteiger partial charge in [-0.25, -0.2) is 4.98 Å². The normalized spacial score (nSPS) is 11.7. The molecule has 1 atom stereocenters. The van der Waals surface area contributed by atoms with Crippen LogP contribution in [0.4, 0.5) is 5.82 Å². The molecule has 0 bridgehead atoms. The number of nitrogens with one attached hydrogen (secondary N) is 2. The summed E-state index contributed by atoms with van der Waals surface area (Å²) in [6, 6.07) is 20.4. The number of benzene rings is 2. The first-order valence-corrected chi connectivity index (χ1v) is 9.25. The van der Waals surface area contributed by atoms with Crippen molar-refractivity contribution in [3.63, 3.8) is 0 Å². The SMILES string of the molecule is COc1cccc([C@@H](C)NCc2cccc(-c3ccc(NC(C)=O)nc3)c2)c1.